The summed E-state index contributed by atoms with van der Waals surface area (Å²) in [7, 11) is 1.23. The van der Waals surface area contributed by atoms with Crippen LogP contribution < -0.4 is 20.8 Å². The predicted octanol–water partition coefficient (Wildman–Crippen LogP) is 3.79. The van der Waals surface area contributed by atoms with Gasteiger partial charge in [0.25, 0.3) is 5.91 Å². The molecule has 5 rings (SSSR count). The van der Waals surface area contributed by atoms with Gasteiger partial charge in [0.05, 0.1) is 49.6 Å². The lowest BCUT2D eigenvalue weighted by Gasteiger charge is -2.34. The minimum absolute atomic E-state index is 0.0538. The summed E-state index contributed by atoms with van der Waals surface area (Å²) in [5.74, 6) is 0.0983. The molecule has 1 unspecified atom stereocenters. The van der Waals surface area contributed by atoms with Crippen LogP contribution in [0.5, 0.6) is 5.75 Å². The third-order valence-electron chi connectivity index (χ3n) is 8.73. The van der Waals surface area contributed by atoms with Crippen molar-refractivity contribution in [2.75, 3.05) is 26.9 Å². The number of amides is 3. The molecular formula is C36H47N5O9S. The summed E-state index contributed by atoms with van der Waals surface area (Å²) in [6, 6.07) is 15.0. The summed E-state index contributed by atoms with van der Waals surface area (Å²) in [4.78, 5) is 43.4. The van der Waals surface area contributed by atoms with Crippen LogP contribution in [0.15, 0.2) is 65.5 Å². The number of thiazole rings is 1. The Bertz CT molecular complexity index is 1560. The van der Waals surface area contributed by atoms with Gasteiger partial charge in [0.1, 0.15) is 24.5 Å². The van der Waals surface area contributed by atoms with Crippen LogP contribution in [-0.4, -0.2) is 90.6 Å². The summed E-state index contributed by atoms with van der Waals surface area (Å²) in [6.45, 7) is 6.70. The average Bonchev–Trinajstić information content (AvgIpc) is 3.87. The highest BCUT2D eigenvalue weighted by molar-refractivity contribution is 7.07. The van der Waals surface area contributed by atoms with Gasteiger partial charge in [0.15, 0.2) is 6.29 Å². The second-order valence-electron chi connectivity index (χ2n) is 13.7. The maximum absolute atomic E-state index is 13.7. The van der Waals surface area contributed by atoms with Crippen molar-refractivity contribution in [3.63, 3.8) is 0 Å². The van der Waals surface area contributed by atoms with Crippen LogP contribution in [-0.2, 0) is 43.3 Å². The van der Waals surface area contributed by atoms with Crippen LogP contribution in [0.2, 0.25) is 0 Å². The van der Waals surface area contributed by atoms with Crippen molar-refractivity contribution >= 4 is 29.4 Å². The smallest absolute Gasteiger partial charge is 0.407 e. The van der Waals surface area contributed by atoms with E-state index in [0.29, 0.717) is 19.0 Å². The van der Waals surface area contributed by atoms with E-state index in [4.69, 9.17) is 23.7 Å². The van der Waals surface area contributed by atoms with E-state index in [0.717, 1.165) is 23.2 Å². The number of methoxy groups -OCH3 is 1. The number of carbonyl (C=O) groups excluding carboxylic acids is 3. The Morgan fingerprint density at radius 3 is 2.49 bits per heavy atom. The first-order chi connectivity index (χ1) is 24.5. The monoisotopic (exact) mass is 725 g/mol. The Balaban J connectivity index is 1.32. The number of hydrogen-bond donors (Lipinski definition) is 4. The zero-order valence-electron chi connectivity index (χ0n) is 29.3. The molecule has 276 valence electrons. The number of nitrogens with one attached hydrogen (secondary N) is 3. The van der Waals surface area contributed by atoms with Gasteiger partial charge >= 0.3 is 12.2 Å². The number of hydrogen-bond acceptors (Lipinski definition) is 12. The van der Waals surface area contributed by atoms with Crippen LogP contribution in [0.4, 0.5) is 9.59 Å². The highest BCUT2D eigenvalue weighted by atomic mass is 32.1. The lowest BCUT2D eigenvalue weighted by Crippen LogP contribution is -2.59. The fraction of sp³-hybridized carbons (Fsp3) is 0.500. The first kappa shape index (κ1) is 38.0. The van der Waals surface area contributed by atoms with E-state index >= 15 is 0 Å². The number of hydrazine groups is 1. The van der Waals surface area contributed by atoms with Crippen LogP contribution in [0, 0.1) is 11.3 Å². The van der Waals surface area contributed by atoms with Crippen molar-refractivity contribution in [2.24, 2.45) is 11.3 Å². The maximum atomic E-state index is 13.7. The Kier molecular flexibility index (Phi) is 13.2. The summed E-state index contributed by atoms with van der Waals surface area (Å²) < 4.78 is 27.6. The Hall–Kier alpha value is -4.28. The summed E-state index contributed by atoms with van der Waals surface area (Å²) in [5, 5.41) is 20.8. The van der Waals surface area contributed by atoms with Crippen LogP contribution in [0.3, 0.4) is 0 Å². The van der Waals surface area contributed by atoms with Gasteiger partial charge in [0, 0.05) is 18.5 Å². The highest BCUT2D eigenvalue weighted by Crippen LogP contribution is 2.33. The lowest BCUT2D eigenvalue weighted by atomic mass is 9.86. The summed E-state index contributed by atoms with van der Waals surface area (Å²) >= 11 is 1.50. The van der Waals surface area contributed by atoms with Gasteiger partial charge in [-0.2, -0.15) is 0 Å². The minimum Gasteiger partial charge on any atom is -0.487 e. The first-order valence-corrected chi connectivity index (χ1v) is 17.8. The second-order valence-corrected chi connectivity index (χ2v) is 14.4. The normalized spacial score (nSPS) is 20.2. The quantitative estimate of drug-likeness (QED) is 0.168. The molecule has 6 atom stereocenters. The zero-order valence-corrected chi connectivity index (χ0v) is 30.1. The Morgan fingerprint density at radius 1 is 1.04 bits per heavy atom. The molecule has 4 N–H and O–H groups in total. The van der Waals surface area contributed by atoms with E-state index in [1.807, 2.05) is 80.7 Å². The molecule has 2 aliphatic heterocycles. The second kappa shape index (κ2) is 17.8. The highest BCUT2D eigenvalue weighted by Gasteiger charge is 2.44. The molecule has 15 heteroatoms. The number of ether oxygens (including phenoxy) is 5. The molecule has 2 aromatic carbocycles. The molecular weight excluding hydrogens is 678 g/mol. The van der Waals surface area contributed by atoms with Crippen molar-refractivity contribution in [2.45, 2.75) is 77.3 Å². The van der Waals surface area contributed by atoms with Crippen LogP contribution in [0.1, 0.15) is 44.0 Å². The van der Waals surface area contributed by atoms with Crippen molar-refractivity contribution < 1.29 is 43.2 Å². The minimum atomic E-state index is -1.19. The SMILES string of the molecule is COC(=O)N[C@H](C(=O)NN(Cc1ccccc1)C[C@H](O)[C@H](Cc1ccc(OCc2cscn2)cc1)NC(=O)OC1CO[C@H]2OCC[C@@H]12)C(C)(C)C. The number of rotatable bonds is 15. The molecule has 3 aromatic rings. The zero-order chi connectivity index (χ0) is 36.4. The summed E-state index contributed by atoms with van der Waals surface area (Å²) in [5.41, 5.74) is 6.49. The van der Waals surface area contributed by atoms with Crippen molar-refractivity contribution in [1.82, 2.24) is 26.1 Å². The van der Waals surface area contributed by atoms with E-state index in [1.165, 1.54) is 18.4 Å². The maximum Gasteiger partial charge on any atom is 0.407 e. The third kappa shape index (κ3) is 11.1. The number of aromatic nitrogens is 1. The molecule has 3 amide bonds. The molecule has 14 nitrogen and oxygen atoms in total. The van der Waals surface area contributed by atoms with Crippen molar-refractivity contribution in [3.05, 3.63) is 82.3 Å². The fourth-order valence-corrected chi connectivity index (χ4v) is 6.52. The topological polar surface area (TPSA) is 170 Å². The molecule has 0 bridgehead atoms. The first-order valence-electron chi connectivity index (χ1n) is 16.9. The number of benzene rings is 2. The van der Waals surface area contributed by atoms with Gasteiger partial charge in [-0.05, 0) is 41.5 Å². The van der Waals surface area contributed by atoms with E-state index in [2.05, 4.69) is 21.0 Å². The molecule has 2 aliphatic rings. The number of nitrogens with zero attached hydrogens (tertiary/aromatic N) is 2. The number of alkyl carbamates (subject to hydrolysis) is 2. The van der Waals surface area contributed by atoms with E-state index < -0.39 is 47.8 Å². The lowest BCUT2D eigenvalue weighted by molar-refractivity contribution is -0.131. The molecule has 2 fully saturated rings. The number of aliphatic hydroxyl groups excluding tert-OH is 1. The van der Waals surface area contributed by atoms with Gasteiger partial charge in [-0.15, -0.1) is 11.3 Å². The van der Waals surface area contributed by atoms with Crippen molar-refractivity contribution in [1.29, 1.82) is 0 Å². The van der Waals surface area contributed by atoms with Crippen LogP contribution in [0.25, 0.3) is 0 Å². The fourth-order valence-electron chi connectivity index (χ4n) is 5.97. The average molecular weight is 726 g/mol. The van der Waals surface area contributed by atoms with Crippen molar-refractivity contribution in [3.8, 4) is 5.75 Å². The molecule has 3 heterocycles. The van der Waals surface area contributed by atoms with E-state index in [9.17, 15) is 19.5 Å². The standard InChI is InChI=1S/C36H47N5O9S/c1-36(2,3)31(39-34(44)46-4)32(43)40-41(17-24-8-6-5-7-9-24)18-29(42)28(38-35(45)50-30-20-49-33-27(30)14-15-47-33)16-23-10-12-26(13-11-23)48-19-25-21-51-22-37-25/h5-13,21-22,27-31,33,42H,14-20H2,1-4H3,(H,38,45)(H,39,44)(H,40,43)/t27-,28-,29-,30?,31+,33+/m0/s1. The predicted molar refractivity (Wildman–Crippen MR) is 187 cm³/mol. The molecule has 0 radical (unpaired) electrons. The Morgan fingerprint density at radius 2 is 1.80 bits per heavy atom. The van der Waals surface area contributed by atoms with Gasteiger partial charge in [0.2, 0.25) is 0 Å². The van der Waals surface area contributed by atoms with Gasteiger partial charge in [-0.25, -0.2) is 19.6 Å². The Labute approximate surface area is 301 Å². The molecule has 0 aliphatic carbocycles. The number of carbonyl (C=O) groups is 3. The molecule has 2 saturated heterocycles. The number of aliphatic hydroxyl groups is 1. The van der Waals surface area contributed by atoms with E-state index in [-0.39, 0.29) is 38.3 Å². The number of fused-ring (bicyclic) bond motifs is 1. The molecule has 51 heavy (non-hydrogen) atoms. The van der Waals surface area contributed by atoms with E-state index in [1.54, 1.807) is 10.5 Å². The molecule has 0 saturated carbocycles. The molecule has 0 spiro atoms. The van der Waals surface area contributed by atoms with Gasteiger partial charge in [-0.3, -0.25) is 10.2 Å². The third-order valence-corrected chi connectivity index (χ3v) is 9.36. The largest absolute Gasteiger partial charge is 0.487 e. The van der Waals surface area contributed by atoms with Gasteiger partial charge < -0.3 is 39.4 Å². The van der Waals surface area contributed by atoms with Crippen LogP contribution >= 0.6 is 11.3 Å². The summed E-state index contributed by atoms with van der Waals surface area (Å²) in [6.07, 6.45) is -2.54. The molecule has 1 aromatic heterocycles. The van der Waals surface area contributed by atoms with Gasteiger partial charge in [-0.1, -0.05) is 63.2 Å².